The van der Waals surface area contributed by atoms with Gasteiger partial charge in [-0.3, -0.25) is 0 Å². The number of para-hydroxylation sites is 1. The highest BCUT2D eigenvalue weighted by molar-refractivity contribution is 5.90. The van der Waals surface area contributed by atoms with Crippen molar-refractivity contribution in [1.82, 2.24) is 19.5 Å². The second-order valence-electron chi connectivity index (χ2n) is 4.00. The molecule has 3 aromatic rings. The molecule has 84 valence electrons. The molecule has 3 rings (SSSR count). The van der Waals surface area contributed by atoms with Crippen LogP contribution in [-0.4, -0.2) is 19.5 Å². The van der Waals surface area contributed by atoms with Crippen LogP contribution in [0.2, 0.25) is 0 Å². The first kappa shape index (κ1) is 9.96. The van der Waals surface area contributed by atoms with Gasteiger partial charge < -0.3 is 4.57 Å². The lowest BCUT2D eigenvalue weighted by molar-refractivity contribution is 0.914. The molecule has 2 aromatic heterocycles. The molecule has 0 saturated heterocycles. The summed E-state index contributed by atoms with van der Waals surface area (Å²) in [4.78, 5) is 13.3. The lowest BCUT2D eigenvalue weighted by Crippen LogP contribution is -1.98. The van der Waals surface area contributed by atoms with Crippen molar-refractivity contribution in [3.8, 4) is 11.5 Å². The number of fused-ring (bicyclic) bond motifs is 1. The lowest BCUT2D eigenvalue weighted by atomic mass is 10.2. The maximum atomic E-state index is 4.51. The number of aromatic nitrogens is 4. The van der Waals surface area contributed by atoms with Crippen molar-refractivity contribution in [2.75, 3.05) is 0 Å². The zero-order chi connectivity index (χ0) is 11.8. The molecule has 0 spiro atoms. The Morgan fingerprint density at radius 3 is 2.71 bits per heavy atom. The van der Waals surface area contributed by atoms with E-state index in [1.165, 1.54) is 0 Å². The van der Waals surface area contributed by atoms with Gasteiger partial charge in [0.05, 0.1) is 5.52 Å². The highest BCUT2D eigenvalue weighted by Crippen LogP contribution is 2.23. The molecule has 0 aliphatic heterocycles. The fourth-order valence-electron chi connectivity index (χ4n) is 1.96. The summed E-state index contributed by atoms with van der Waals surface area (Å²) in [5.74, 6) is 1.63. The third-order valence-corrected chi connectivity index (χ3v) is 2.75. The third kappa shape index (κ3) is 1.58. The highest BCUT2D eigenvalue weighted by atomic mass is 15.1. The van der Waals surface area contributed by atoms with E-state index in [2.05, 4.69) is 15.0 Å². The lowest BCUT2D eigenvalue weighted by Gasteiger charge is -2.06. The van der Waals surface area contributed by atoms with Crippen LogP contribution in [0.15, 0.2) is 36.7 Å². The van der Waals surface area contributed by atoms with Gasteiger partial charge in [-0.2, -0.15) is 0 Å². The van der Waals surface area contributed by atoms with E-state index in [1.54, 1.807) is 6.20 Å². The van der Waals surface area contributed by atoms with Crippen LogP contribution in [0.1, 0.15) is 5.82 Å². The number of benzene rings is 1. The van der Waals surface area contributed by atoms with Crippen molar-refractivity contribution in [2.24, 2.45) is 7.05 Å². The van der Waals surface area contributed by atoms with Gasteiger partial charge in [-0.25, -0.2) is 15.0 Å². The van der Waals surface area contributed by atoms with Crippen molar-refractivity contribution in [3.05, 3.63) is 42.5 Å². The zero-order valence-corrected chi connectivity index (χ0v) is 9.75. The molecule has 0 amide bonds. The van der Waals surface area contributed by atoms with Gasteiger partial charge in [-0.15, -0.1) is 0 Å². The predicted octanol–water partition coefficient (Wildman–Crippen LogP) is 2.34. The van der Waals surface area contributed by atoms with E-state index in [-0.39, 0.29) is 0 Å². The second-order valence-corrected chi connectivity index (χ2v) is 4.00. The first-order chi connectivity index (χ1) is 8.25. The van der Waals surface area contributed by atoms with Crippen molar-refractivity contribution in [2.45, 2.75) is 6.92 Å². The Morgan fingerprint density at radius 1 is 1.12 bits per heavy atom. The third-order valence-electron chi connectivity index (χ3n) is 2.75. The van der Waals surface area contributed by atoms with Gasteiger partial charge in [0.2, 0.25) is 0 Å². The van der Waals surface area contributed by atoms with Crippen LogP contribution in [0.3, 0.4) is 0 Å². The van der Waals surface area contributed by atoms with Crippen molar-refractivity contribution >= 4 is 10.9 Å². The van der Waals surface area contributed by atoms with Crippen LogP contribution in [0.25, 0.3) is 22.4 Å². The first-order valence-corrected chi connectivity index (χ1v) is 5.47. The fraction of sp³-hybridized carbons (Fsp3) is 0.154. The van der Waals surface area contributed by atoms with Gasteiger partial charge in [0.15, 0.2) is 5.82 Å². The molecule has 0 radical (unpaired) electrons. The Bertz CT molecular complexity index is 685. The summed E-state index contributed by atoms with van der Waals surface area (Å²) >= 11 is 0. The van der Waals surface area contributed by atoms with E-state index in [4.69, 9.17) is 0 Å². The average molecular weight is 224 g/mol. The summed E-state index contributed by atoms with van der Waals surface area (Å²) in [7, 11) is 1.97. The summed E-state index contributed by atoms with van der Waals surface area (Å²) < 4.78 is 1.97. The Morgan fingerprint density at radius 2 is 1.94 bits per heavy atom. The molecule has 0 fully saturated rings. The van der Waals surface area contributed by atoms with Crippen LogP contribution < -0.4 is 0 Å². The number of aryl methyl sites for hydroxylation is 2. The van der Waals surface area contributed by atoms with Gasteiger partial charge in [0.25, 0.3) is 0 Å². The van der Waals surface area contributed by atoms with Crippen LogP contribution in [0, 0.1) is 6.92 Å². The molecule has 0 aliphatic carbocycles. The SMILES string of the molecule is Cc1nc(-c2nccn2C)c2ccccc2n1. The summed E-state index contributed by atoms with van der Waals surface area (Å²) in [5.41, 5.74) is 1.85. The molecule has 0 bridgehead atoms. The zero-order valence-electron chi connectivity index (χ0n) is 9.75. The van der Waals surface area contributed by atoms with Crippen molar-refractivity contribution < 1.29 is 0 Å². The van der Waals surface area contributed by atoms with Gasteiger partial charge in [0.1, 0.15) is 11.5 Å². The minimum Gasteiger partial charge on any atom is -0.333 e. The highest BCUT2D eigenvalue weighted by Gasteiger charge is 2.11. The molecular formula is C13H12N4. The molecule has 1 aromatic carbocycles. The van der Waals surface area contributed by atoms with E-state index in [0.717, 1.165) is 28.2 Å². The Balaban J connectivity index is 2.39. The van der Waals surface area contributed by atoms with E-state index >= 15 is 0 Å². The Kier molecular flexibility index (Phi) is 2.14. The Hall–Kier alpha value is -2.23. The smallest absolute Gasteiger partial charge is 0.159 e. The minimum absolute atomic E-state index is 0.765. The number of rotatable bonds is 1. The maximum absolute atomic E-state index is 4.51. The predicted molar refractivity (Wildman–Crippen MR) is 66.5 cm³/mol. The van der Waals surface area contributed by atoms with Crippen LogP contribution in [0.5, 0.6) is 0 Å². The van der Waals surface area contributed by atoms with E-state index in [9.17, 15) is 0 Å². The van der Waals surface area contributed by atoms with Crippen molar-refractivity contribution in [1.29, 1.82) is 0 Å². The fourth-order valence-corrected chi connectivity index (χ4v) is 1.96. The van der Waals surface area contributed by atoms with Gasteiger partial charge >= 0.3 is 0 Å². The molecule has 4 nitrogen and oxygen atoms in total. The second kappa shape index (κ2) is 3.66. The standard InChI is InChI=1S/C13H12N4/c1-9-15-11-6-4-3-5-10(11)12(16-9)13-14-7-8-17(13)2/h3-8H,1-2H3. The topological polar surface area (TPSA) is 43.6 Å². The molecular weight excluding hydrogens is 212 g/mol. The number of imidazole rings is 1. The molecule has 0 unspecified atom stereocenters. The van der Waals surface area contributed by atoms with Gasteiger partial charge in [-0.1, -0.05) is 18.2 Å². The van der Waals surface area contributed by atoms with Gasteiger partial charge in [0, 0.05) is 24.8 Å². The minimum atomic E-state index is 0.765. The molecule has 0 N–H and O–H groups in total. The molecule has 2 heterocycles. The normalized spacial score (nSPS) is 10.9. The van der Waals surface area contributed by atoms with Crippen LogP contribution in [-0.2, 0) is 7.05 Å². The van der Waals surface area contributed by atoms with E-state index in [1.807, 2.05) is 49.0 Å². The van der Waals surface area contributed by atoms with Gasteiger partial charge in [-0.05, 0) is 13.0 Å². The van der Waals surface area contributed by atoms with Crippen molar-refractivity contribution in [3.63, 3.8) is 0 Å². The van der Waals surface area contributed by atoms with Crippen LogP contribution in [0.4, 0.5) is 0 Å². The number of hydrogen-bond acceptors (Lipinski definition) is 3. The summed E-state index contributed by atoms with van der Waals surface area (Å²) in [6.07, 6.45) is 3.70. The van der Waals surface area contributed by atoms with E-state index in [0.29, 0.717) is 0 Å². The monoisotopic (exact) mass is 224 g/mol. The Labute approximate surface area is 99.0 Å². The summed E-state index contributed by atoms with van der Waals surface area (Å²) in [6.45, 7) is 1.90. The molecule has 0 aliphatic rings. The van der Waals surface area contributed by atoms with E-state index < -0.39 is 0 Å². The molecule has 4 heteroatoms. The maximum Gasteiger partial charge on any atom is 0.159 e. The van der Waals surface area contributed by atoms with Crippen LogP contribution >= 0.6 is 0 Å². The molecule has 0 atom stereocenters. The average Bonchev–Trinajstić information content (AvgIpc) is 2.74. The largest absolute Gasteiger partial charge is 0.333 e. The summed E-state index contributed by atoms with van der Waals surface area (Å²) in [6, 6.07) is 8.00. The number of hydrogen-bond donors (Lipinski definition) is 0. The molecule has 0 saturated carbocycles. The quantitative estimate of drug-likeness (QED) is 0.637. The first-order valence-electron chi connectivity index (χ1n) is 5.47. The molecule has 17 heavy (non-hydrogen) atoms. The summed E-state index contributed by atoms with van der Waals surface area (Å²) in [5, 5.41) is 1.03. The number of nitrogens with zero attached hydrogens (tertiary/aromatic N) is 4.